The van der Waals surface area contributed by atoms with E-state index in [0.717, 1.165) is 39.1 Å². The second kappa shape index (κ2) is 5.15. The molecule has 2 atom stereocenters. The normalized spacial score (nSPS) is 32.0. The Labute approximate surface area is 98.0 Å². The second-order valence-corrected chi connectivity index (χ2v) is 5.26. The summed E-state index contributed by atoms with van der Waals surface area (Å²) in [5, 5.41) is 3.32. The van der Waals surface area contributed by atoms with Gasteiger partial charge in [-0.1, -0.05) is 0 Å². The Balaban J connectivity index is 1.82. The molecule has 2 unspecified atom stereocenters. The Morgan fingerprint density at radius 2 is 2.25 bits per heavy atom. The van der Waals surface area contributed by atoms with Crippen molar-refractivity contribution in [3.05, 3.63) is 0 Å². The summed E-state index contributed by atoms with van der Waals surface area (Å²) in [5.41, 5.74) is 0. The zero-order valence-electron chi connectivity index (χ0n) is 10.4. The molecule has 2 aliphatic heterocycles. The Morgan fingerprint density at radius 1 is 1.44 bits per heavy atom. The lowest BCUT2D eigenvalue weighted by Gasteiger charge is -2.34. The number of hydrogen-bond donors (Lipinski definition) is 1. The van der Waals surface area contributed by atoms with Crippen LogP contribution in [0.3, 0.4) is 0 Å². The fourth-order valence-corrected chi connectivity index (χ4v) is 2.77. The molecule has 0 aromatic heterocycles. The van der Waals surface area contributed by atoms with E-state index in [4.69, 9.17) is 0 Å². The molecule has 0 bridgehead atoms. The Bertz CT molecular complexity index is 257. The fraction of sp³-hybridized carbons (Fsp3) is 0.917. The van der Waals surface area contributed by atoms with E-state index in [-0.39, 0.29) is 0 Å². The zero-order chi connectivity index (χ0) is 11.5. The van der Waals surface area contributed by atoms with Crippen LogP contribution in [0.2, 0.25) is 0 Å². The molecule has 2 heterocycles. The van der Waals surface area contributed by atoms with Crippen LogP contribution in [-0.2, 0) is 4.79 Å². The third kappa shape index (κ3) is 2.74. The van der Waals surface area contributed by atoms with Crippen LogP contribution in [0.1, 0.15) is 19.8 Å². The lowest BCUT2D eigenvalue weighted by atomic mass is 10.0. The minimum absolute atomic E-state index is 0.356. The number of nitrogens with one attached hydrogen (secondary N) is 1. The van der Waals surface area contributed by atoms with Gasteiger partial charge in [0.25, 0.3) is 0 Å². The first-order valence-corrected chi connectivity index (χ1v) is 6.35. The maximum atomic E-state index is 12.2. The SMILES string of the molecule is CC1CNCCN1C(=O)CC1CCN(C)C1. The van der Waals surface area contributed by atoms with Gasteiger partial charge in [-0.25, -0.2) is 0 Å². The molecule has 0 spiro atoms. The highest BCUT2D eigenvalue weighted by Gasteiger charge is 2.27. The van der Waals surface area contributed by atoms with Gasteiger partial charge in [-0.05, 0) is 32.9 Å². The quantitative estimate of drug-likeness (QED) is 0.726. The predicted molar refractivity (Wildman–Crippen MR) is 64.3 cm³/mol. The van der Waals surface area contributed by atoms with Crippen LogP contribution in [0.5, 0.6) is 0 Å². The van der Waals surface area contributed by atoms with E-state index in [1.807, 2.05) is 0 Å². The minimum Gasteiger partial charge on any atom is -0.337 e. The van der Waals surface area contributed by atoms with Gasteiger partial charge >= 0.3 is 0 Å². The van der Waals surface area contributed by atoms with Crippen LogP contribution in [0.25, 0.3) is 0 Å². The molecular weight excluding hydrogens is 202 g/mol. The third-order valence-corrected chi connectivity index (χ3v) is 3.77. The standard InChI is InChI=1S/C12H23N3O/c1-10-8-13-4-6-15(10)12(16)7-11-3-5-14(2)9-11/h10-11,13H,3-9H2,1-2H3. The smallest absolute Gasteiger partial charge is 0.223 e. The van der Waals surface area contributed by atoms with Gasteiger partial charge in [0.2, 0.25) is 5.91 Å². The Morgan fingerprint density at radius 3 is 2.88 bits per heavy atom. The summed E-state index contributed by atoms with van der Waals surface area (Å²) < 4.78 is 0. The van der Waals surface area contributed by atoms with Crippen molar-refractivity contribution in [2.45, 2.75) is 25.8 Å². The summed E-state index contributed by atoms with van der Waals surface area (Å²) in [4.78, 5) is 16.5. The molecule has 2 saturated heterocycles. The van der Waals surface area contributed by atoms with Gasteiger partial charge < -0.3 is 15.1 Å². The number of piperazine rings is 1. The molecule has 2 aliphatic rings. The Kier molecular flexibility index (Phi) is 3.82. The topological polar surface area (TPSA) is 35.6 Å². The van der Waals surface area contributed by atoms with Crippen LogP contribution in [0.4, 0.5) is 0 Å². The van der Waals surface area contributed by atoms with E-state index < -0.39 is 0 Å². The molecule has 0 radical (unpaired) electrons. The lowest BCUT2D eigenvalue weighted by molar-refractivity contribution is -0.134. The first-order valence-electron chi connectivity index (χ1n) is 6.35. The molecule has 2 rings (SSSR count). The summed E-state index contributed by atoms with van der Waals surface area (Å²) in [5.74, 6) is 0.939. The summed E-state index contributed by atoms with van der Waals surface area (Å²) in [6, 6.07) is 0.361. The van der Waals surface area contributed by atoms with Crippen LogP contribution in [-0.4, -0.2) is 61.5 Å². The maximum Gasteiger partial charge on any atom is 0.223 e. The molecule has 0 aromatic carbocycles. The number of hydrogen-bond acceptors (Lipinski definition) is 3. The van der Waals surface area contributed by atoms with Gasteiger partial charge in [0.1, 0.15) is 0 Å². The molecule has 1 N–H and O–H groups in total. The van der Waals surface area contributed by atoms with Gasteiger partial charge in [0, 0.05) is 38.6 Å². The van der Waals surface area contributed by atoms with E-state index in [2.05, 4.69) is 29.1 Å². The molecule has 16 heavy (non-hydrogen) atoms. The van der Waals surface area contributed by atoms with Crippen molar-refractivity contribution in [1.82, 2.24) is 15.1 Å². The minimum atomic E-state index is 0.356. The van der Waals surface area contributed by atoms with Crippen molar-refractivity contribution < 1.29 is 4.79 Å². The molecule has 4 heteroatoms. The van der Waals surface area contributed by atoms with Crippen molar-refractivity contribution in [2.24, 2.45) is 5.92 Å². The molecule has 0 aliphatic carbocycles. The van der Waals surface area contributed by atoms with E-state index >= 15 is 0 Å². The van der Waals surface area contributed by atoms with Gasteiger partial charge in [0.05, 0.1) is 0 Å². The van der Waals surface area contributed by atoms with Crippen molar-refractivity contribution >= 4 is 5.91 Å². The van der Waals surface area contributed by atoms with Crippen molar-refractivity contribution in [3.63, 3.8) is 0 Å². The highest BCUT2D eigenvalue weighted by Crippen LogP contribution is 2.19. The summed E-state index contributed by atoms with van der Waals surface area (Å²) in [7, 11) is 2.14. The highest BCUT2D eigenvalue weighted by atomic mass is 16.2. The van der Waals surface area contributed by atoms with Crippen LogP contribution in [0, 0.1) is 5.92 Å². The monoisotopic (exact) mass is 225 g/mol. The average Bonchev–Trinajstić information content (AvgIpc) is 2.64. The molecule has 92 valence electrons. The average molecular weight is 225 g/mol. The maximum absolute atomic E-state index is 12.2. The van der Waals surface area contributed by atoms with Crippen molar-refractivity contribution in [2.75, 3.05) is 39.8 Å². The van der Waals surface area contributed by atoms with Gasteiger partial charge in [-0.15, -0.1) is 0 Å². The van der Waals surface area contributed by atoms with Crippen LogP contribution in [0.15, 0.2) is 0 Å². The largest absolute Gasteiger partial charge is 0.337 e. The number of carbonyl (C=O) groups is 1. The fourth-order valence-electron chi connectivity index (χ4n) is 2.77. The number of nitrogens with zero attached hydrogens (tertiary/aromatic N) is 2. The number of amides is 1. The van der Waals surface area contributed by atoms with Gasteiger partial charge in [-0.3, -0.25) is 4.79 Å². The van der Waals surface area contributed by atoms with E-state index in [1.54, 1.807) is 0 Å². The van der Waals surface area contributed by atoms with E-state index in [9.17, 15) is 4.79 Å². The zero-order valence-corrected chi connectivity index (χ0v) is 10.4. The predicted octanol–water partition coefficient (Wildman–Crippen LogP) is 0.149. The lowest BCUT2D eigenvalue weighted by Crippen LogP contribution is -2.52. The van der Waals surface area contributed by atoms with Crippen LogP contribution >= 0.6 is 0 Å². The third-order valence-electron chi connectivity index (χ3n) is 3.77. The summed E-state index contributed by atoms with van der Waals surface area (Å²) in [6.07, 6.45) is 1.93. The van der Waals surface area contributed by atoms with E-state index in [0.29, 0.717) is 17.9 Å². The van der Waals surface area contributed by atoms with E-state index in [1.165, 1.54) is 6.42 Å². The highest BCUT2D eigenvalue weighted by molar-refractivity contribution is 5.77. The summed E-state index contributed by atoms with van der Waals surface area (Å²) >= 11 is 0. The molecular formula is C12H23N3O. The van der Waals surface area contributed by atoms with Gasteiger partial charge in [-0.2, -0.15) is 0 Å². The number of rotatable bonds is 2. The summed E-state index contributed by atoms with van der Waals surface area (Å²) in [6.45, 7) is 7.13. The first kappa shape index (κ1) is 11.9. The number of carbonyl (C=O) groups excluding carboxylic acids is 1. The first-order chi connectivity index (χ1) is 7.66. The van der Waals surface area contributed by atoms with Gasteiger partial charge in [0.15, 0.2) is 0 Å². The second-order valence-electron chi connectivity index (χ2n) is 5.26. The Hall–Kier alpha value is -0.610. The molecule has 0 aromatic rings. The molecule has 0 saturated carbocycles. The number of likely N-dealkylation sites (tertiary alicyclic amines) is 1. The molecule has 4 nitrogen and oxygen atoms in total. The molecule has 1 amide bonds. The van der Waals surface area contributed by atoms with Crippen LogP contribution < -0.4 is 5.32 Å². The van der Waals surface area contributed by atoms with Crippen molar-refractivity contribution in [3.8, 4) is 0 Å². The molecule has 2 fully saturated rings. The van der Waals surface area contributed by atoms with Crippen molar-refractivity contribution in [1.29, 1.82) is 0 Å².